The van der Waals surface area contributed by atoms with Gasteiger partial charge in [-0.3, -0.25) is 0 Å². The number of halogens is 1. The highest BCUT2D eigenvalue weighted by molar-refractivity contribution is 9.10. The zero-order valence-corrected chi connectivity index (χ0v) is 20.1. The van der Waals surface area contributed by atoms with Crippen molar-refractivity contribution in [3.63, 3.8) is 0 Å². The Hall–Kier alpha value is -3.22. The molecule has 0 aliphatic rings. The van der Waals surface area contributed by atoms with Gasteiger partial charge in [0.05, 0.1) is 19.1 Å². The molecule has 33 heavy (non-hydrogen) atoms. The molecule has 0 saturated heterocycles. The van der Waals surface area contributed by atoms with E-state index in [-0.39, 0.29) is 18.0 Å². The van der Waals surface area contributed by atoms with E-state index in [1.165, 1.54) is 12.1 Å². The van der Waals surface area contributed by atoms with E-state index in [4.69, 9.17) is 14.2 Å². The van der Waals surface area contributed by atoms with Crippen LogP contribution in [0.15, 0.2) is 64.0 Å². The molecule has 0 amide bonds. The van der Waals surface area contributed by atoms with Crippen LogP contribution in [-0.2, 0) is 10.0 Å². The number of rotatable bonds is 9. The summed E-state index contributed by atoms with van der Waals surface area (Å²) in [5.41, 5.74) is 1.26. The maximum absolute atomic E-state index is 12.4. The van der Waals surface area contributed by atoms with Crippen molar-refractivity contribution in [2.24, 2.45) is 0 Å². The van der Waals surface area contributed by atoms with Crippen LogP contribution < -0.4 is 18.9 Å². The molecule has 172 valence electrons. The monoisotopic (exact) mass is 533 g/mol. The summed E-state index contributed by atoms with van der Waals surface area (Å²) >= 11 is 3.28. The molecule has 0 fully saturated rings. The summed E-state index contributed by atoms with van der Waals surface area (Å²) < 4.78 is 45.8. The van der Waals surface area contributed by atoms with Crippen LogP contribution in [0.3, 0.4) is 0 Å². The quantitative estimate of drug-likeness (QED) is 0.326. The molecule has 4 aromatic rings. The van der Waals surface area contributed by atoms with Crippen molar-refractivity contribution < 1.29 is 22.6 Å². The first-order valence-corrected chi connectivity index (χ1v) is 12.0. The van der Waals surface area contributed by atoms with Crippen LogP contribution in [0.5, 0.6) is 17.4 Å². The Labute approximate surface area is 198 Å². The highest BCUT2D eigenvalue weighted by atomic mass is 79.9. The Balaban J connectivity index is 1.46. The van der Waals surface area contributed by atoms with Gasteiger partial charge in [-0.05, 0) is 48.5 Å². The van der Waals surface area contributed by atoms with Gasteiger partial charge in [0.15, 0.2) is 23.0 Å². The second-order valence-corrected chi connectivity index (χ2v) is 9.42. The summed E-state index contributed by atoms with van der Waals surface area (Å²) in [7, 11) is -0.513. The van der Waals surface area contributed by atoms with Crippen LogP contribution >= 0.6 is 15.9 Å². The summed E-state index contributed by atoms with van der Waals surface area (Å²) in [5, 5.41) is 12.8. The standard InChI is InChI=1S/C21H20BrN5O5S/c1-30-17-8-3-14(13-18(17)31-2)21-25-24-19-9-10-20(26-27(19)21)32-12-11-23-33(28,29)16-6-4-15(22)5-7-16/h3-10,13,23H,11-12H2,1-2H3. The van der Waals surface area contributed by atoms with Gasteiger partial charge in [0.25, 0.3) is 0 Å². The molecule has 0 bridgehead atoms. The van der Waals surface area contributed by atoms with Gasteiger partial charge < -0.3 is 14.2 Å². The number of nitrogens with zero attached hydrogens (tertiary/aromatic N) is 4. The van der Waals surface area contributed by atoms with E-state index in [2.05, 4.69) is 35.9 Å². The molecule has 1 N–H and O–H groups in total. The molecular formula is C21H20BrN5O5S. The van der Waals surface area contributed by atoms with Gasteiger partial charge in [-0.2, -0.15) is 4.52 Å². The average molecular weight is 534 g/mol. The number of methoxy groups -OCH3 is 2. The van der Waals surface area contributed by atoms with Crippen molar-refractivity contribution in [1.82, 2.24) is 24.5 Å². The van der Waals surface area contributed by atoms with Crippen LogP contribution in [0.2, 0.25) is 0 Å². The first-order valence-electron chi connectivity index (χ1n) is 9.74. The second kappa shape index (κ2) is 9.73. The van der Waals surface area contributed by atoms with E-state index in [9.17, 15) is 8.42 Å². The van der Waals surface area contributed by atoms with Crippen LogP contribution in [0, 0.1) is 0 Å². The number of ether oxygens (including phenoxy) is 3. The molecule has 4 rings (SSSR count). The molecule has 0 aliphatic carbocycles. The third-order valence-electron chi connectivity index (χ3n) is 4.65. The third-order valence-corrected chi connectivity index (χ3v) is 6.65. The predicted molar refractivity (Wildman–Crippen MR) is 124 cm³/mol. The van der Waals surface area contributed by atoms with E-state index in [0.717, 1.165) is 10.0 Å². The Morgan fingerprint density at radius 1 is 0.970 bits per heavy atom. The van der Waals surface area contributed by atoms with Crippen LogP contribution in [0.1, 0.15) is 0 Å². The Bertz CT molecular complexity index is 1380. The summed E-state index contributed by atoms with van der Waals surface area (Å²) in [6.07, 6.45) is 0. The third kappa shape index (κ3) is 5.07. The number of aromatic nitrogens is 4. The molecule has 2 heterocycles. The molecule has 10 nitrogen and oxygen atoms in total. The maximum Gasteiger partial charge on any atom is 0.240 e. The first-order chi connectivity index (χ1) is 15.9. The SMILES string of the molecule is COc1ccc(-c2nnc3ccc(OCCNS(=O)(=O)c4ccc(Br)cc4)nn23)cc1OC. The lowest BCUT2D eigenvalue weighted by molar-refractivity contribution is 0.306. The topological polar surface area (TPSA) is 117 Å². The van der Waals surface area contributed by atoms with Gasteiger partial charge in [-0.25, -0.2) is 13.1 Å². The smallest absolute Gasteiger partial charge is 0.240 e. The maximum atomic E-state index is 12.4. The molecule has 0 atom stereocenters. The van der Waals surface area contributed by atoms with Crippen molar-refractivity contribution in [3.05, 3.63) is 59.1 Å². The Morgan fingerprint density at radius 3 is 2.45 bits per heavy atom. The minimum absolute atomic E-state index is 0.0723. The summed E-state index contributed by atoms with van der Waals surface area (Å²) in [6, 6.07) is 15.1. The van der Waals surface area contributed by atoms with Crippen molar-refractivity contribution in [2.45, 2.75) is 4.90 Å². The number of hydrogen-bond donors (Lipinski definition) is 1. The molecular weight excluding hydrogens is 514 g/mol. The van der Waals surface area contributed by atoms with Gasteiger partial charge >= 0.3 is 0 Å². The minimum Gasteiger partial charge on any atom is -0.493 e. The zero-order chi connectivity index (χ0) is 23.4. The van der Waals surface area contributed by atoms with Gasteiger partial charge in [-0.1, -0.05) is 15.9 Å². The molecule has 0 saturated carbocycles. The lowest BCUT2D eigenvalue weighted by atomic mass is 10.2. The summed E-state index contributed by atoms with van der Waals surface area (Å²) in [5.74, 6) is 1.94. The lowest BCUT2D eigenvalue weighted by Gasteiger charge is -2.09. The molecule has 0 unspecified atom stereocenters. The van der Waals surface area contributed by atoms with Gasteiger partial charge in [0, 0.05) is 22.6 Å². The van der Waals surface area contributed by atoms with Crippen LogP contribution in [-0.4, -0.2) is 55.6 Å². The minimum atomic E-state index is -3.63. The number of nitrogens with one attached hydrogen (secondary N) is 1. The normalized spacial score (nSPS) is 11.5. The fourth-order valence-electron chi connectivity index (χ4n) is 3.03. The van der Waals surface area contributed by atoms with E-state index in [0.29, 0.717) is 28.9 Å². The summed E-state index contributed by atoms with van der Waals surface area (Å²) in [6.45, 7) is 0.158. The first kappa shape index (κ1) is 23.0. The fraction of sp³-hybridized carbons (Fsp3) is 0.190. The van der Waals surface area contributed by atoms with Crippen LogP contribution in [0.25, 0.3) is 17.0 Å². The highest BCUT2D eigenvalue weighted by Gasteiger charge is 2.15. The number of sulfonamides is 1. The molecule has 0 aliphatic heterocycles. The van der Waals surface area contributed by atoms with Crippen molar-refractivity contribution >= 4 is 31.6 Å². The summed E-state index contributed by atoms with van der Waals surface area (Å²) in [4.78, 5) is 0.175. The van der Waals surface area contributed by atoms with E-state index in [1.807, 2.05) is 6.07 Å². The van der Waals surface area contributed by atoms with Gasteiger partial charge in [0.2, 0.25) is 15.9 Å². The van der Waals surface area contributed by atoms with Crippen molar-refractivity contribution in [1.29, 1.82) is 0 Å². The molecule has 12 heteroatoms. The van der Waals surface area contributed by atoms with Gasteiger partial charge in [0.1, 0.15) is 6.61 Å². The number of benzene rings is 2. The van der Waals surface area contributed by atoms with E-state index < -0.39 is 10.0 Å². The Kier molecular flexibility index (Phi) is 6.77. The largest absolute Gasteiger partial charge is 0.493 e. The van der Waals surface area contributed by atoms with E-state index >= 15 is 0 Å². The number of fused-ring (bicyclic) bond motifs is 1. The highest BCUT2D eigenvalue weighted by Crippen LogP contribution is 2.31. The predicted octanol–water partition coefficient (Wildman–Crippen LogP) is 2.93. The molecule has 2 aromatic heterocycles. The van der Waals surface area contributed by atoms with Crippen molar-refractivity contribution in [3.8, 4) is 28.8 Å². The fourth-order valence-corrected chi connectivity index (χ4v) is 4.31. The zero-order valence-electron chi connectivity index (χ0n) is 17.7. The van der Waals surface area contributed by atoms with Crippen molar-refractivity contribution in [2.75, 3.05) is 27.4 Å². The second-order valence-electron chi connectivity index (χ2n) is 6.74. The van der Waals surface area contributed by atoms with E-state index in [1.54, 1.807) is 55.1 Å². The number of hydrogen-bond acceptors (Lipinski definition) is 8. The lowest BCUT2D eigenvalue weighted by Crippen LogP contribution is -2.28. The van der Waals surface area contributed by atoms with Crippen LogP contribution in [0.4, 0.5) is 0 Å². The van der Waals surface area contributed by atoms with Gasteiger partial charge in [-0.15, -0.1) is 15.3 Å². The molecule has 0 radical (unpaired) electrons. The molecule has 0 spiro atoms. The average Bonchev–Trinajstić information content (AvgIpc) is 3.25. The molecule has 2 aromatic carbocycles. The Morgan fingerprint density at radius 2 is 1.73 bits per heavy atom.